The van der Waals surface area contributed by atoms with E-state index in [0.717, 1.165) is 22.7 Å². The minimum atomic E-state index is -1.24. The average molecular weight is 510 g/mol. The van der Waals surface area contributed by atoms with Gasteiger partial charge in [0.2, 0.25) is 0 Å². The molecule has 3 N–H and O–H groups in total. The number of hydrogen-bond donors (Lipinski definition) is 2. The summed E-state index contributed by atoms with van der Waals surface area (Å²) in [5.41, 5.74) is 8.39. The number of aryl methyl sites for hydroxylation is 1. The number of pyridine rings is 1. The Bertz CT molecular complexity index is 1590. The van der Waals surface area contributed by atoms with E-state index in [1.54, 1.807) is 17.0 Å². The number of benzene rings is 2. The number of hydrogen-bond acceptors (Lipinski definition) is 4. The van der Waals surface area contributed by atoms with Crippen LogP contribution in [0.5, 0.6) is 0 Å². The second kappa shape index (κ2) is 8.31. The highest BCUT2D eigenvalue weighted by molar-refractivity contribution is 6.00. The maximum atomic E-state index is 14.4. The Morgan fingerprint density at radius 2 is 1.81 bits per heavy atom. The SMILES string of the molecule is Cc1cc(N)nc2[nH]c(CN3C(=O)c4cc(F)ccc4[C@]34CCN(Cc3cc(F)c(F)cc3F)C4)cc12. The van der Waals surface area contributed by atoms with Crippen LogP contribution in [0.4, 0.5) is 23.4 Å². The van der Waals surface area contributed by atoms with Crippen molar-refractivity contribution < 1.29 is 22.4 Å². The number of rotatable bonds is 4. The summed E-state index contributed by atoms with van der Waals surface area (Å²) in [6.07, 6.45) is 0.507. The van der Waals surface area contributed by atoms with E-state index >= 15 is 0 Å². The molecule has 2 aliphatic heterocycles. The van der Waals surface area contributed by atoms with Gasteiger partial charge in [0.05, 0.1) is 12.1 Å². The van der Waals surface area contributed by atoms with E-state index in [0.29, 0.717) is 42.6 Å². The third kappa shape index (κ3) is 3.74. The van der Waals surface area contributed by atoms with Crippen molar-refractivity contribution in [1.29, 1.82) is 0 Å². The lowest BCUT2D eigenvalue weighted by Crippen LogP contribution is -2.45. The van der Waals surface area contributed by atoms with E-state index in [1.807, 2.05) is 17.9 Å². The number of likely N-dealkylation sites (tertiary alicyclic amines) is 1. The number of nitrogen functional groups attached to an aromatic ring is 1. The molecule has 10 heteroatoms. The van der Waals surface area contributed by atoms with Crippen LogP contribution in [0, 0.1) is 30.2 Å². The van der Waals surface area contributed by atoms with Crippen molar-refractivity contribution in [2.45, 2.75) is 32.0 Å². The third-order valence-electron chi connectivity index (χ3n) is 7.50. The Hall–Kier alpha value is -3.92. The van der Waals surface area contributed by atoms with E-state index in [1.165, 1.54) is 12.1 Å². The molecular weight excluding hydrogens is 486 g/mol. The molecule has 1 saturated heterocycles. The van der Waals surface area contributed by atoms with Gasteiger partial charge in [-0.15, -0.1) is 0 Å². The van der Waals surface area contributed by atoms with Gasteiger partial charge in [0.25, 0.3) is 5.91 Å². The number of nitrogens with one attached hydrogen (secondary N) is 1. The normalized spacial score (nSPS) is 19.5. The van der Waals surface area contributed by atoms with Gasteiger partial charge in [-0.2, -0.15) is 0 Å². The Morgan fingerprint density at radius 3 is 2.62 bits per heavy atom. The van der Waals surface area contributed by atoms with Crippen molar-refractivity contribution in [3.63, 3.8) is 0 Å². The van der Waals surface area contributed by atoms with Gasteiger partial charge in [-0.3, -0.25) is 9.69 Å². The molecule has 6 nitrogen and oxygen atoms in total. The maximum Gasteiger partial charge on any atom is 0.255 e. The van der Waals surface area contributed by atoms with E-state index < -0.39 is 28.8 Å². The monoisotopic (exact) mass is 509 g/mol. The molecule has 0 bridgehead atoms. The number of nitrogens with two attached hydrogens (primary N) is 1. The number of halogens is 4. The lowest BCUT2D eigenvalue weighted by atomic mass is 9.88. The van der Waals surface area contributed by atoms with E-state index in [-0.39, 0.29) is 30.1 Å². The summed E-state index contributed by atoms with van der Waals surface area (Å²) in [4.78, 5) is 24.8. The van der Waals surface area contributed by atoms with Gasteiger partial charge in [0.15, 0.2) is 11.6 Å². The van der Waals surface area contributed by atoms with Crippen LogP contribution in [0.1, 0.15) is 39.2 Å². The highest BCUT2D eigenvalue weighted by Crippen LogP contribution is 2.47. The first-order valence-electron chi connectivity index (χ1n) is 11.9. The Balaban J connectivity index is 1.36. The number of H-pyrrole nitrogens is 1. The van der Waals surface area contributed by atoms with Crippen LogP contribution in [0.3, 0.4) is 0 Å². The summed E-state index contributed by atoms with van der Waals surface area (Å²) >= 11 is 0. The van der Waals surface area contributed by atoms with Gasteiger partial charge in [-0.25, -0.2) is 22.5 Å². The lowest BCUT2D eigenvalue weighted by molar-refractivity contribution is 0.0526. The summed E-state index contributed by atoms with van der Waals surface area (Å²) in [7, 11) is 0. The number of fused-ring (bicyclic) bond motifs is 3. The molecule has 1 spiro atoms. The minimum Gasteiger partial charge on any atom is -0.384 e. The number of carbonyl (C=O) groups excluding carboxylic acids is 1. The highest BCUT2D eigenvalue weighted by atomic mass is 19.2. The maximum absolute atomic E-state index is 14.4. The summed E-state index contributed by atoms with van der Waals surface area (Å²) in [5.74, 6) is -3.63. The lowest BCUT2D eigenvalue weighted by Gasteiger charge is -2.36. The molecule has 2 aliphatic rings. The summed E-state index contributed by atoms with van der Waals surface area (Å²) in [5, 5.41) is 0.885. The zero-order valence-electron chi connectivity index (χ0n) is 19.9. The molecular formula is C27H23F4N5O. The standard InChI is InChI=1S/C27H23F4N5O/c1-14-6-24(32)34-25-18(14)9-17(33-25)12-36-26(37)19-8-16(28)2-3-20(19)27(36)4-5-35(13-27)11-15-7-22(30)23(31)10-21(15)29/h2-3,6-10H,4-5,11-13H2,1H3,(H3,32,33,34)/t27-/m1/s1. The Morgan fingerprint density at radius 1 is 1.03 bits per heavy atom. The first-order chi connectivity index (χ1) is 17.6. The van der Waals surface area contributed by atoms with Gasteiger partial charge in [0, 0.05) is 47.9 Å². The van der Waals surface area contributed by atoms with Crippen molar-refractivity contribution in [3.05, 3.63) is 93.7 Å². The van der Waals surface area contributed by atoms with Gasteiger partial charge >= 0.3 is 0 Å². The predicted molar refractivity (Wildman–Crippen MR) is 129 cm³/mol. The molecule has 1 fully saturated rings. The quantitative estimate of drug-likeness (QED) is 0.307. The molecule has 37 heavy (non-hydrogen) atoms. The molecule has 1 amide bonds. The zero-order chi connectivity index (χ0) is 26.1. The van der Waals surface area contributed by atoms with Gasteiger partial charge in [0.1, 0.15) is 23.1 Å². The largest absolute Gasteiger partial charge is 0.384 e. The number of anilines is 1. The molecule has 0 radical (unpaired) electrons. The van der Waals surface area contributed by atoms with Crippen LogP contribution in [-0.4, -0.2) is 38.8 Å². The van der Waals surface area contributed by atoms with Crippen LogP contribution >= 0.6 is 0 Å². The molecule has 0 unspecified atom stereocenters. The average Bonchev–Trinajstić information content (AvgIpc) is 3.50. The fourth-order valence-corrected chi connectivity index (χ4v) is 5.78. The van der Waals surface area contributed by atoms with Crippen LogP contribution < -0.4 is 5.73 Å². The second-order valence-electron chi connectivity index (χ2n) is 9.85. The fraction of sp³-hybridized carbons (Fsp3) is 0.259. The molecule has 4 aromatic rings. The zero-order valence-corrected chi connectivity index (χ0v) is 19.9. The van der Waals surface area contributed by atoms with Gasteiger partial charge in [-0.1, -0.05) is 6.07 Å². The Labute approximate surface area is 209 Å². The minimum absolute atomic E-state index is 0.0286. The molecule has 2 aromatic heterocycles. The van der Waals surface area contributed by atoms with Crippen LogP contribution in [0.2, 0.25) is 0 Å². The molecule has 4 heterocycles. The van der Waals surface area contributed by atoms with E-state index in [2.05, 4.69) is 9.97 Å². The molecule has 0 saturated carbocycles. The van der Waals surface area contributed by atoms with E-state index in [4.69, 9.17) is 5.73 Å². The molecule has 190 valence electrons. The fourth-order valence-electron chi connectivity index (χ4n) is 5.78. The van der Waals surface area contributed by atoms with Crippen molar-refractivity contribution in [2.75, 3.05) is 18.8 Å². The van der Waals surface area contributed by atoms with Crippen LogP contribution in [-0.2, 0) is 18.6 Å². The summed E-state index contributed by atoms with van der Waals surface area (Å²) < 4.78 is 55.7. The summed E-state index contributed by atoms with van der Waals surface area (Å²) in [6.45, 7) is 2.96. The molecule has 6 rings (SSSR count). The number of aromatic amines is 1. The molecule has 2 aromatic carbocycles. The molecule has 0 aliphatic carbocycles. The molecule has 1 atom stereocenters. The van der Waals surface area contributed by atoms with Crippen LogP contribution in [0.25, 0.3) is 11.0 Å². The first kappa shape index (κ1) is 23.5. The predicted octanol–water partition coefficient (Wildman–Crippen LogP) is 4.77. The topological polar surface area (TPSA) is 78.2 Å². The van der Waals surface area contributed by atoms with Gasteiger partial charge < -0.3 is 15.6 Å². The second-order valence-corrected chi connectivity index (χ2v) is 9.85. The van der Waals surface area contributed by atoms with Crippen molar-refractivity contribution >= 4 is 22.8 Å². The highest BCUT2D eigenvalue weighted by Gasteiger charge is 2.53. The van der Waals surface area contributed by atoms with Crippen molar-refractivity contribution in [3.8, 4) is 0 Å². The number of aromatic nitrogens is 2. The van der Waals surface area contributed by atoms with Crippen LogP contribution in [0.15, 0.2) is 42.5 Å². The number of amides is 1. The smallest absolute Gasteiger partial charge is 0.255 e. The van der Waals surface area contributed by atoms with E-state index in [9.17, 15) is 22.4 Å². The van der Waals surface area contributed by atoms with Gasteiger partial charge in [-0.05, 0) is 54.8 Å². The first-order valence-corrected chi connectivity index (χ1v) is 11.9. The number of carbonyl (C=O) groups is 1. The van der Waals surface area contributed by atoms with Crippen molar-refractivity contribution in [1.82, 2.24) is 19.8 Å². The third-order valence-corrected chi connectivity index (χ3v) is 7.50. The summed E-state index contributed by atoms with van der Waals surface area (Å²) in [6, 6.07) is 9.30. The number of nitrogens with zero attached hydrogens (tertiary/aromatic N) is 3. The van der Waals surface area contributed by atoms with Crippen molar-refractivity contribution in [2.24, 2.45) is 0 Å². The Kier molecular flexibility index (Phi) is 5.27.